The zero-order valence-corrected chi connectivity index (χ0v) is 12.7. The summed E-state index contributed by atoms with van der Waals surface area (Å²) >= 11 is 3.38. The summed E-state index contributed by atoms with van der Waals surface area (Å²) in [5.41, 5.74) is 1.56. The fraction of sp³-hybridized carbons (Fsp3) is 0.200. The van der Waals surface area contributed by atoms with Crippen molar-refractivity contribution < 1.29 is 4.79 Å². The number of carbonyl (C=O) groups is 1. The Morgan fingerprint density at radius 3 is 2.70 bits per heavy atom. The average Bonchev–Trinajstić information content (AvgIpc) is 2.48. The van der Waals surface area contributed by atoms with Gasteiger partial charge in [-0.1, -0.05) is 15.9 Å². The van der Waals surface area contributed by atoms with Crippen LogP contribution in [-0.4, -0.2) is 31.0 Å². The Morgan fingerprint density at radius 2 is 1.95 bits per heavy atom. The number of benzene rings is 1. The zero-order valence-electron chi connectivity index (χ0n) is 11.1. The van der Waals surface area contributed by atoms with Crippen LogP contribution in [0.15, 0.2) is 47.1 Å². The maximum Gasteiger partial charge on any atom is 0.258 e. The second kappa shape index (κ2) is 5.25. The Kier molecular flexibility index (Phi) is 3.44. The van der Waals surface area contributed by atoms with Gasteiger partial charge in [-0.05, 0) is 36.4 Å². The highest BCUT2D eigenvalue weighted by Crippen LogP contribution is 2.30. The molecule has 0 bridgehead atoms. The lowest BCUT2D eigenvalue weighted by Gasteiger charge is -2.34. The van der Waals surface area contributed by atoms with Crippen LogP contribution in [0.3, 0.4) is 0 Å². The minimum atomic E-state index is 0.0138. The number of carbonyl (C=O) groups excluding carboxylic acids is 1. The highest BCUT2D eigenvalue weighted by molar-refractivity contribution is 9.10. The molecule has 3 rings (SSSR count). The number of rotatable bonds is 1. The van der Waals surface area contributed by atoms with Crippen LogP contribution < -0.4 is 9.80 Å². The topological polar surface area (TPSA) is 36.4 Å². The van der Waals surface area contributed by atoms with Crippen LogP contribution >= 0.6 is 15.9 Å². The lowest BCUT2D eigenvalue weighted by molar-refractivity contribution is 0.0986. The average molecular weight is 332 g/mol. The zero-order chi connectivity index (χ0) is 14.1. The second-order valence-corrected chi connectivity index (χ2v) is 5.65. The third kappa shape index (κ3) is 2.29. The van der Waals surface area contributed by atoms with Gasteiger partial charge >= 0.3 is 0 Å². The van der Waals surface area contributed by atoms with Crippen molar-refractivity contribution in [3.05, 3.63) is 52.6 Å². The van der Waals surface area contributed by atoms with Crippen LogP contribution in [0, 0.1) is 0 Å². The van der Waals surface area contributed by atoms with E-state index in [4.69, 9.17) is 0 Å². The second-order valence-electron chi connectivity index (χ2n) is 4.73. The third-order valence-corrected chi connectivity index (χ3v) is 3.94. The minimum Gasteiger partial charge on any atom is -0.356 e. The van der Waals surface area contributed by atoms with Crippen LogP contribution in [0.5, 0.6) is 0 Å². The van der Waals surface area contributed by atoms with E-state index in [0.717, 1.165) is 22.5 Å². The number of nitrogens with zero attached hydrogens (tertiary/aromatic N) is 3. The molecule has 0 aliphatic carbocycles. The van der Waals surface area contributed by atoms with Crippen molar-refractivity contribution in [1.82, 2.24) is 4.98 Å². The molecule has 20 heavy (non-hydrogen) atoms. The van der Waals surface area contributed by atoms with Crippen molar-refractivity contribution in [3.63, 3.8) is 0 Å². The number of anilines is 2. The molecule has 0 atom stereocenters. The first-order valence-electron chi connectivity index (χ1n) is 6.40. The number of hydrogen-bond donors (Lipinski definition) is 0. The molecule has 2 aromatic rings. The molecule has 0 unspecified atom stereocenters. The van der Waals surface area contributed by atoms with E-state index in [0.29, 0.717) is 12.1 Å². The summed E-state index contributed by atoms with van der Waals surface area (Å²) in [4.78, 5) is 20.9. The van der Waals surface area contributed by atoms with Gasteiger partial charge in [0.05, 0.1) is 5.69 Å². The van der Waals surface area contributed by atoms with Crippen LogP contribution in [-0.2, 0) is 0 Å². The molecule has 0 radical (unpaired) electrons. The normalized spacial score (nSPS) is 14.1. The fourth-order valence-corrected chi connectivity index (χ4v) is 2.59. The van der Waals surface area contributed by atoms with Gasteiger partial charge in [-0.15, -0.1) is 0 Å². The van der Waals surface area contributed by atoms with E-state index in [-0.39, 0.29) is 5.91 Å². The standard InChI is InChI=1S/C15H14BrN3O/c1-18-9-10-19(13-3-2-8-17-14(13)18)15(20)11-4-6-12(16)7-5-11/h2-8H,9-10H2,1H3. The van der Waals surface area contributed by atoms with E-state index in [2.05, 4.69) is 25.8 Å². The van der Waals surface area contributed by atoms with Crippen molar-refractivity contribution >= 4 is 33.3 Å². The molecule has 0 saturated carbocycles. The van der Waals surface area contributed by atoms with Crippen LogP contribution in [0.1, 0.15) is 10.4 Å². The molecular weight excluding hydrogens is 318 g/mol. The molecule has 0 spiro atoms. The predicted molar refractivity (Wildman–Crippen MR) is 83.3 cm³/mol. The molecule has 4 nitrogen and oxygen atoms in total. The van der Waals surface area contributed by atoms with Crippen LogP contribution in [0.2, 0.25) is 0 Å². The smallest absolute Gasteiger partial charge is 0.258 e. The number of hydrogen-bond acceptors (Lipinski definition) is 3. The van der Waals surface area contributed by atoms with Crippen molar-refractivity contribution in [3.8, 4) is 0 Å². The first kappa shape index (κ1) is 13.1. The van der Waals surface area contributed by atoms with Gasteiger partial charge in [-0.2, -0.15) is 0 Å². The van der Waals surface area contributed by atoms with Gasteiger partial charge in [-0.3, -0.25) is 4.79 Å². The van der Waals surface area contributed by atoms with Crippen molar-refractivity contribution in [1.29, 1.82) is 0 Å². The van der Waals surface area contributed by atoms with Crippen LogP contribution in [0.25, 0.3) is 0 Å². The molecule has 1 aliphatic rings. The molecule has 2 heterocycles. The number of amides is 1. The van der Waals surface area contributed by atoms with Gasteiger partial charge in [0.2, 0.25) is 0 Å². The summed E-state index contributed by atoms with van der Waals surface area (Å²) in [6, 6.07) is 11.2. The number of pyridine rings is 1. The molecule has 0 saturated heterocycles. The van der Waals surface area contributed by atoms with E-state index in [1.54, 1.807) is 11.1 Å². The first-order valence-corrected chi connectivity index (χ1v) is 7.20. The highest BCUT2D eigenvalue weighted by Gasteiger charge is 2.26. The molecule has 1 aromatic heterocycles. The molecule has 0 N–H and O–H groups in total. The monoisotopic (exact) mass is 331 g/mol. The molecule has 0 fully saturated rings. The van der Waals surface area contributed by atoms with Gasteiger partial charge in [0, 0.05) is 36.4 Å². The van der Waals surface area contributed by atoms with E-state index in [1.165, 1.54) is 0 Å². The Hall–Kier alpha value is -1.88. The lowest BCUT2D eigenvalue weighted by Crippen LogP contribution is -2.43. The summed E-state index contributed by atoms with van der Waals surface area (Å²) in [5.74, 6) is 0.865. The van der Waals surface area contributed by atoms with Crippen molar-refractivity contribution in [2.24, 2.45) is 0 Å². The van der Waals surface area contributed by atoms with E-state index >= 15 is 0 Å². The number of halogens is 1. The molecule has 1 amide bonds. The third-order valence-electron chi connectivity index (χ3n) is 3.41. The van der Waals surface area contributed by atoms with E-state index < -0.39 is 0 Å². The van der Waals surface area contributed by atoms with Gasteiger partial charge in [0.1, 0.15) is 0 Å². The number of likely N-dealkylation sites (N-methyl/N-ethyl adjacent to an activating group) is 1. The maximum absolute atomic E-state index is 12.6. The Bertz CT molecular complexity index is 642. The summed E-state index contributed by atoms with van der Waals surface area (Å²) in [5, 5.41) is 0. The van der Waals surface area contributed by atoms with Gasteiger partial charge in [0.15, 0.2) is 5.82 Å². The minimum absolute atomic E-state index is 0.0138. The Balaban J connectivity index is 1.97. The summed E-state index contributed by atoms with van der Waals surface area (Å²) in [7, 11) is 1.99. The predicted octanol–water partition coefficient (Wildman–Crippen LogP) is 2.94. The van der Waals surface area contributed by atoms with E-state index in [1.807, 2.05) is 43.4 Å². The van der Waals surface area contributed by atoms with E-state index in [9.17, 15) is 4.79 Å². The molecule has 1 aromatic carbocycles. The van der Waals surface area contributed by atoms with Gasteiger partial charge < -0.3 is 9.80 Å². The molecule has 5 heteroatoms. The SMILES string of the molecule is CN1CCN(C(=O)c2ccc(Br)cc2)c2cccnc21. The van der Waals surface area contributed by atoms with Crippen molar-refractivity contribution in [2.75, 3.05) is 29.9 Å². The van der Waals surface area contributed by atoms with Crippen LogP contribution in [0.4, 0.5) is 11.5 Å². The summed E-state index contributed by atoms with van der Waals surface area (Å²) in [6.45, 7) is 1.45. The highest BCUT2D eigenvalue weighted by atomic mass is 79.9. The molecular formula is C15H14BrN3O. The lowest BCUT2D eigenvalue weighted by atomic mass is 10.1. The molecule has 1 aliphatic heterocycles. The van der Waals surface area contributed by atoms with Gasteiger partial charge in [-0.25, -0.2) is 4.98 Å². The Labute approximate surface area is 126 Å². The largest absolute Gasteiger partial charge is 0.356 e. The first-order chi connectivity index (χ1) is 9.66. The van der Waals surface area contributed by atoms with Gasteiger partial charge in [0.25, 0.3) is 5.91 Å². The fourth-order valence-electron chi connectivity index (χ4n) is 2.33. The number of fused-ring (bicyclic) bond motifs is 1. The summed E-state index contributed by atoms with van der Waals surface area (Å²) < 4.78 is 0.967. The molecule has 102 valence electrons. The van der Waals surface area contributed by atoms with Crippen molar-refractivity contribution in [2.45, 2.75) is 0 Å². The quantitative estimate of drug-likeness (QED) is 0.806. The summed E-state index contributed by atoms with van der Waals surface area (Å²) in [6.07, 6.45) is 1.75. The number of aromatic nitrogens is 1. The maximum atomic E-state index is 12.6. The Morgan fingerprint density at radius 1 is 1.20 bits per heavy atom.